The highest BCUT2D eigenvalue weighted by atomic mass is 19.3. The third-order valence-electron chi connectivity index (χ3n) is 5.54. The van der Waals surface area contributed by atoms with Crippen LogP contribution < -0.4 is 10.6 Å². The number of carbonyl (C=O) groups excluding carboxylic acids is 1. The van der Waals surface area contributed by atoms with Gasteiger partial charge in [-0.15, -0.1) is 0 Å². The normalized spacial score (nSPS) is 19.5. The minimum Gasteiger partial charge on any atom is -0.368 e. The molecule has 1 amide bonds. The Labute approximate surface area is 173 Å². The van der Waals surface area contributed by atoms with Gasteiger partial charge in [0.2, 0.25) is 0 Å². The molecule has 0 unspecified atom stereocenters. The number of imidazole rings is 1. The van der Waals surface area contributed by atoms with E-state index in [1.165, 1.54) is 6.20 Å². The van der Waals surface area contributed by atoms with Crippen molar-refractivity contribution in [3.63, 3.8) is 0 Å². The summed E-state index contributed by atoms with van der Waals surface area (Å²) in [4.78, 5) is 16.4. The van der Waals surface area contributed by atoms with Crippen LogP contribution >= 0.6 is 0 Å². The van der Waals surface area contributed by atoms with Crippen LogP contribution in [0.4, 0.5) is 14.6 Å². The number of fused-ring (bicyclic) bond motifs is 1. The molecule has 0 aromatic carbocycles. The molecular weight excluding hydrogens is 390 g/mol. The molecule has 3 aromatic rings. The molecule has 9 heteroatoms. The number of nitrogens with one attached hydrogen (secondary N) is 2. The van der Waals surface area contributed by atoms with Gasteiger partial charge >= 0.3 is 0 Å². The maximum absolute atomic E-state index is 13.0. The molecule has 30 heavy (non-hydrogen) atoms. The molecule has 0 atom stereocenters. The average molecular weight is 416 g/mol. The van der Waals surface area contributed by atoms with Gasteiger partial charge in [0.05, 0.1) is 11.8 Å². The number of hydrogen-bond acceptors (Lipinski definition) is 4. The molecule has 0 spiro atoms. The zero-order valence-electron chi connectivity index (χ0n) is 17.1. The Morgan fingerprint density at radius 3 is 2.53 bits per heavy atom. The molecule has 1 fully saturated rings. The van der Waals surface area contributed by atoms with E-state index in [4.69, 9.17) is 0 Å². The highest BCUT2D eigenvalue weighted by Crippen LogP contribution is 2.25. The Kier molecular flexibility index (Phi) is 5.69. The summed E-state index contributed by atoms with van der Waals surface area (Å²) in [5.74, 6) is 0.654. The number of anilines is 1. The lowest BCUT2D eigenvalue weighted by Gasteiger charge is -2.30. The number of nitrogens with zero attached hydrogens (tertiary/aromatic N) is 4. The third kappa shape index (κ3) is 4.29. The molecule has 0 saturated heterocycles. The molecule has 3 heterocycles. The van der Waals surface area contributed by atoms with Crippen molar-refractivity contribution in [2.24, 2.45) is 0 Å². The molecule has 0 radical (unpaired) electrons. The van der Waals surface area contributed by atoms with Gasteiger partial charge in [-0.05, 0) is 51.7 Å². The molecule has 3 aromatic heterocycles. The summed E-state index contributed by atoms with van der Waals surface area (Å²) >= 11 is 0. The van der Waals surface area contributed by atoms with Crippen LogP contribution in [0.15, 0.2) is 36.8 Å². The minimum absolute atomic E-state index is 0.0963. The summed E-state index contributed by atoms with van der Waals surface area (Å²) in [5, 5.41) is 10.8. The maximum atomic E-state index is 13.0. The fourth-order valence-electron chi connectivity index (χ4n) is 3.85. The first-order valence-electron chi connectivity index (χ1n) is 10.3. The molecular formula is C21H26F2N6O. The second kappa shape index (κ2) is 8.41. The van der Waals surface area contributed by atoms with E-state index < -0.39 is 6.43 Å². The van der Waals surface area contributed by atoms with Gasteiger partial charge in [0.15, 0.2) is 0 Å². The van der Waals surface area contributed by atoms with Gasteiger partial charge in [0.25, 0.3) is 12.3 Å². The number of halogens is 2. The number of hydrogen-bond donors (Lipinski definition) is 2. The largest absolute Gasteiger partial charge is 0.368 e. The number of alkyl halides is 2. The van der Waals surface area contributed by atoms with E-state index >= 15 is 0 Å². The Balaban J connectivity index is 1.33. The number of amides is 1. The molecule has 160 valence electrons. The molecule has 1 saturated carbocycles. The second-order valence-electron chi connectivity index (χ2n) is 8.07. The molecule has 2 N–H and O–H groups in total. The van der Waals surface area contributed by atoms with Crippen LogP contribution in [0.2, 0.25) is 0 Å². The maximum Gasteiger partial charge on any atom is 0.281 e. The first-order valence-corrected chi connectivity index (χ1v) is 10.3. The van der Waals surface area contributed by atoms with E-state index in [0.717, 1.165) is 31.5 Å². The van der Waals surface area contributed by atoms with Gasteiger partial charge in [0.1, 0.15) is 17.2 Å². The van der Waals surface area contributed by atoms with E-state index in [1.54, 1.807) is 27.5 Å². The van der Waals surface area contributed by atoms with Crippen molar-refractivity contribution in [2.75, 3.05) is 5.32 Å². The quantitative estimate of drug-likeness (QED) is 0.631. The second-order valence-corrected chi connectivity index (χ2v) is 8.07. The van der Waals surface area contributed by atoms with Crippen LogP contribution in [0.3, 0.4) is 0 Å². The van der Waals surface area contributed by atoms with E-state index in [1.807, 2.05) is 26.0 Å². The van der Waals surface area contributed by atoms with Crippen LogP contribution in [0, 0.1) is 0 Å². The SMILES string of the molecule is CC(C)n1cc(C(=O)NC2CCC(Nc3cccc4nc(C(F)F)cn34)CC2)cn1. The van der Waals surface area contributed by atoms with Crippen molar-refractivity contribution >= 4 is 17.4 Å². The summed E-state index contributed by atoms with van der Waals surface area (Å²) in [6, 6.07) is 5.93. The first kappa shape index (κ1) is 20.3. The summed E-state index contributed by atoms with van der Waals surface area (Å²) < 4.78 is 29.4. The van der Waals surface area contributed by atoms with E-state index in [0.29, 0.717) is 11.2 Å². The van der Waals surface area contributed by atoms with Crippen molar-refractivity contribution in [1.29, 1.82) is 0 Å². The number of carbonyl (C=O) groups is 1. The van der Waals surface area contributed by atoms with E-state index in [9.17, 15) is 13.6 Å². The lowest BCUT2D eigenvalue weighted by molar-refractivity contribution is 0.0926. The topological polar surface area (TPSA) is 76.2 Å². The monoisotopic (exact) mass is 416 g/mol. The van der Waals surface area contributed by atoms with Crippen molar-refractivity contribution in [3.05, 3.63) is 48.0 Å². The van der Waals surface area contributed by atoms with Gasteiger partial charge in [0, 0.05) is 30.5 Å². The highest BCUT2D eigenvalue weighted by molar-refractivity contribution is 5.93. The number of pyridine rings is 1. The third-order valence-corrected chi connectivity index (χ3v) is 5.54. The molecule has 1 aliphatic rings. The van der Waals surface area contributed by atoms with E-state index in [-0.39, 0.29) is 29.7 Å². The van der Waals surface area contributed by atoms with Crippen molar-refractivity contribution in [3.8, 4) is 0 Å². The minimum atomic E-state index is -2.59. The van der Waals surface area contributed by atoms with Crippen molar-refractivity contribution in [1.82, 2.24) is 24.5 Å². The standard InChI is InChI=1S/C21H26F2N6O/c1-13(2)29-11-14(10-24-29)21(30)26-16-8-6-15(7-9-16)25-18-4-3-5-19-27-17(20(22)23)12-28(18)19/h3-5,10-13,15-16,20,25H,6-9H2,1-2H3,(H,26,30). The number of rotatable bonds is 6. The predicted octanol–water partition coefficient (Wildman–Crippen LogP) is 4.20. The summed E-state index contributed by atoms with van der Waals surface area (Å²) in [5.41, 5.74) is 0.847. The smallest absolute Gasteiger partial charge is 0.281 e. The molecule has 1 aliphatic carbocycles. The highest BCUT2D eigenvalue weighted by Gasteiger charge is 2.24. The number of aromatic nitrogens is 4. The van der Waals surface area contributed by atoms with Gasteiger partial charge in [-0.2, -0.15) is 5.10 Å². The van der Waals surface area contributed by atoms with Crippen molar-refractivity contribution in [2.45, 2.75) is 64.1 Å². The Morgan fingerprint density at radius 1 is 1.13 bits per heavy atom. The predicted molar refractivity (Wildman–Crippen MR) is 110 cm³/mol. The summed E-state index contributed by atoms with van der Waals surface area (Å²) in [6.45, 7) is 4.03. The average Bonchev–Trinajstić information content (AvgIpc) is 3.37. The Morgan fingerprint density at radius 2 is 1.87 bits per heavy atom. The van der Waals surface area contributed by atoms with Gasteiger partial charge in [-0.1, -0.05) is 6.07 Å². The van der Waals surface area contributed by atoms with Crippen LogP contribution in [0.1, 0.15) is 68.0 Å². The van der Waals surface area contributed by atoms with Crippen LogP contribution in [-0.4, -0.2) is 37.2 Å². The van der Waals surface area contributed by atoms with E-state index in [2.05, 4.69) is 20.7 Å². The van der Waals surface area contributed by atoms with Gasteiger partial charge < -0.3 is 10.6 Å². The molecule has 7 nitrogen and oxygen atoms in total. The fourth-order valence-corrected chi connectivity index (χ4v) is 3.85. The zero-order chi connectivity index (χ0) is 21.3. The van der Waals surface area contributed by atoms with Crippen LogP contribution in [-0.2, 0) is 0 Å². The van der Waals surface area contributed by atoms with Crippen molar-refractivity contribution < 1.29 is 13.6 Å². The van der Waals surface area contributed by atoms with Gasteiger partial charge in [-0.25, -0.2) is 13.8 Å². The molecule has 0 aliphatic heterocycles. The van der Waals surface area contributed by atoms with Crippen LogP contribution in [0.25, 0.3) is 5.65 Å². The molecule has 4 rings (SSSR count). The zero-order valence-corrected chi connectivity index (χ0v) is 17.1. The lowest BCUT2D eigenvalue weighted by atomic mass is 9.91. The Hall–Kier alpha value is -2.97. The van der Waals surface area contributed by atoms with Crippen LogP contribution in [0.5, 0.6) is 0 Å². The Bertz CT molecular complexity index is 1020. The summed E-state index contributed by atoms with van der Waals surface area (Å²) in [6.07, 6.45) is 5.62. The van der Waals surface area contributed by atoms with Gasteiger partial charge in [-0.3, -0.25) is 13.9 Å². The fraction of sp³-hybridized carbons (Fsp3) is 0.476. The molecule has 0 bridgehead atoms. The summed E-state index contributed by atoms with van der Waals surface area (Å²) in [7, 11) is 0. The lowest BCUT2D eigenvalue weighted by Crippen LogP contribution is -2.40. The first-order chi connectivity index (χ1) is 14.4.